The number of halogens is 3. The molecule has 0 bridgehead atoms. The summed E-state index contributed by atoms with van der Waals surface area (Å²) in [4.78, 5) is 15.5. The van der Waals surface area contributed by atoms with Crippen molar-refractivity contribution in [2.75, 3.05) is 37.6 Å². The largest absolute Gasteiger partial charge is 0.416 e. The third-order valence-corrected chi connectivity index (χ3v) is 5.88. The molecule has 2 fully saturated rings. The Labute approximate surface area is 158 Å². The number of hydrogen-bond acceptors (Lipinski definition) is 2. The summed E-state index contributed by atoms with van der Waals surface area (Å²) in [5, 5.41) is 3.18. The minimum absolute atomic E-state index is 0.0938. The maximum Gasteiger partial charge on any atom is 0.416 e. The summed E-state index contributed by atoms with van der Waals surface area (Å²) in [6.07, 6.45) is 0.338. The Morgan fingerprint density at radius 3 is 2.59 bits per heavy atom. The van der Waals surface area contributed by atoms with Gasteiger partial charge in [0, 0.05) is 11.7 Å². The third-order valence-electron chi connectivity index (χ3n) is 5.88. The minimum Gasteiger partial charge on any atom is -0.360 e. The van der Waals surface area contributed by atoms with Gasteiger partial charge in [-0.15, -0.1) is 0 Å². The Balaban J connectivity index is 1.48. The Morgan fingerprint density at radius 1 is 1.22 bits per heavy atom. The van der Waals surface area contributed by atoms with E-state index in [0.29, 0.717) is 31.2 Å². The van der Waals surface area contributed by atoms with Crippen molar-refractivity contribution in [1.82, 2.24) is 5.32 Å². The van der Waals surface area contributed by atoms with Gasteiger partial charge in [-0.05, 0) is 37.0 Å². The van der Waals surface area contributed by atoms with Crippen LogP contribution >= 0.6 is 0 Å². The van der Waals surface area contributed by atoms with Crippen LogP contribution in [-0.4, -0.2) is 44.7 Å². The SMILES string of the molecule is C[C@@H]1CCCC[C@@H]1NC(=O)C[NH+]1CCN(c2cccc(C(F)(F)F)c2)CC1. The van der Waals surface area contributed by atoms with Crippen molar-refractivity contribution in [1.29, 1.82) is 0 Å². The van der Waals surface area contributed by atoms with Crippen molar-refractivity contribution >= 4 is 11.6 Å². The molecule has 1 aliphatic carbocycles. The Morgan fingerprint density at radius 2 is 1.93 bits per heavy atom. The molecule has 0 unspecified atom stereocenters. The molecule has 1 saturated carbocycles. The molecule has 4 nitrogen and oxygen atoms in total. The Kier molecular flexibility index (Phi) is 6.29. The van der Waals surface area contributed by atoms with E-state index in [-0.39, 0.29) is 11.9 Å². The Hall–Kier alpha value is -1.76. The van der Waals surface area contributed by atoms with Gasteiger partial charge in [-0.25, -0.2) is 0 Å². The van der Waals surface area contributed by atoms with E-state index in [1.165, 1.54) is 36.3 Å². The minimum atomic E-state index is -4.32. The second-order valence-electron chi connectivity index (χ2n) is 7.90. The number of carbonyl (C=O) groups is 1. The average Bonchev–Trinajstić information content (AvgIpc) is 2.64. The first-order valence-electron chi connectivity index (χ1n) is 9.88. The molecule has 1 aliphatic heterocycles. The first kappa shape index (κ1) is 20.0. The molecule has 1 saturated heterocycles. The summed E-state index contributed by atoms with van der Waals surface area (Å²) >= 11 is 0. The van der Waals surface area contributed by atoms with E-state index in [9.17, 15) is 18.0 Å². The number of anilines is 1. The lowest BCUT2D eigenvalue weighted by Crippen LogP contribution is -3.16. The van der Waals surface area contributed by atoms with E-state index < -0.39 is 11.7 Å². The second-order valence-corrected chi connectivity index (χ2v) is 7.90. The molecule has 27 heavy (non-hydrogen) atoms. The summed E-state index contributed by atoms with van der Waals surface area (Å²) in [7, 11) is 0. The summed E-state index contributed by atoms with van der Waals surface area (Å²) in [6, 6.07) is 5.77. The molecule has 0 spiro atoms. The molecule has 150 valence electrons. The van der Waals surface area contributed by atoms with E-state index in [4.69, 9.17) is 0 Å². The van der Waals surface area contributed by atoms with Gasteiger partial charge in [0.1, 0.15) is 0 Å². The zero-order valence-electron chi connectivity index (χ0n) is 15.8. The van der Waals surface area contributed by atoms with Crippen LogP contribution in [0.25, 0.3) is 0 Å². The molecule has 1 aromatic rings. The molecule has 7 heteroatoms. The second kappa shape index (κ2) is 8.50. The standard InChI is InChI=1S/C20H28F3N3O/c1-15-5-2-3-8-18(15)24-19(27)14-25-9-11-26(12-10-25)17-7-4-6-16(13-17)20(21,22)23/h4,6-7,13,15,18H,2-3,5,8-12,14H2,1H3,(H,24,27)/p+1/t15-,18+/m1/s1. The first-order valence-corrected chi connectivity index (χ1v) is 9.88. The van der Waals surface area contributed by atoms with Crippen molar-refractivity contribution in [2.45, 2.75) is 44.8 Å². The molecule has 1 aromatic carbocycles. The van der Waals surface area contributed by atoms with Gasteiger partial charge in [0.15, 0.2) is 6.54 Å². The van der Waals surface area contributed by atoms with Crippen molar-refractivity contribution in [3.05, 3.63) is 29.8 Å². The monoisotopic (exact) mass is 384 g/mol. The van der Waals surface area contributed by atoms with Gasteiger partial charge in [-0.2, -0.15) is 13.2 Å². The number of amides is 1. The summed E-state index contributed by atoms with van der Waals surface area (Å²) in [6.45, 7) is 5.46. The lowest BCUT2D eigenvalue weighted by Gasteiger charge is -2.34. The molecule has 2 N–H and O–H groups in total. The first-order chi connectivity index (χ1) is 12.8. The van der Waals surface area contributed by atoms with Crippen LogP contribution in [0.3, 0.4) is 0 Å². The van der Waals surface area contributed by atoms with Gasteiger partial charge in [0.2, 0.25) is 0 Å². The van der Waals surface area contributed by atoms with Crippen LogP contribution in [0, 0.1) is 5.92 Å². The van der Waals surface area contributed by atoms with E-state index in [2.05, 4.69) is 12.2 Å². The quantitative estimate of drug-likeness (QED) is 0.834. The maximum atomic E-state index is 12.9. The zero-order valence-corrected chi connectivity index (χ0v) is 15.8. The number of alkyl halides is 3. The number of quaternary nitrogens is 1. The molecule has 3 rings (SSSR count). The lowest BCUT2D eigenvalue weighted by atomic mass is 9.86. The van der Waals surface area contributed by atoms with Crippen LogP contribution in [0.1, 0.15) is 38.2 Å². The predicted molar refractivity (Wildman–Crippen MR) is 98.8 cm³/mol. The Bertz CT molecular complexity index is 642. The van der Waals surface area contributed by atoms with Gasteiger partial charge >= 0.3 is 6.18 Å². The maximum absolute atomic E-state index is 12.9. The van der Waals surface area contributed by atoms with E-state index in [0.717, 1.165) is 25.6 Å². The molecule has 2 aliphatic rings. The highest BCUT2D eigenvalue weighted by Gasteiger charge is 2.31. The van der Waals surface area contributed by atoms with Crippen LogP contribution in [0.15, 0.2) is 24.3 Å². The van der Waals surface area contributed by atoms with E-state index >= 15 is 0 Å². The topological polar surface area (TPSA) is 36.8 Å². The number of benzene rings is 1. The molecular weight excluding hydrogens is 355 g/mol. The number of rotatable bonds is 4. The van der Waals surface area contributed by atoms with Crippen LogP contribution < -0.4 is 15.1 Å². The fourth-order valence-electron chi connectivity index (χ4n) is 4.15. The summed E-state index contributed by atoms with van der Waals surface area (Å²) < 4.78 is 38.7. The van der Waals surface area contributed by atoms with Gasteiger partial charge in [0.05, 0.1) is 31.7 Å². The number of piperazine rings is 1. The highest BCUT2D eigenvalue weighted by molar-refractivity contribution is 5.77. The predicted octanol–water partition coefficient (Wildman–Crippen LogP) is 2.11. The van der Waals surface area contributed by atoms with Gasteiger partial charge in [-0.3, -0.25) is 4.79 Å². The number of nitrogens with one attached hydrogen (secondary N) is 2. The van der Waals surface area contributed by atoms with Gasteiger partial charge in [-0.1, -0.05) is 25.8 Å². The van der Waals surface area contributed by atoms with Crippen molar-refractivity contribution < 1.29 is 22.9 Å². The van der Waals surface area contributed by atoms with Crippen molar-refractivity contribution in [3.63, 3.8) is 0 Å². The molecule has 0 aromatic heterocycles. The molecule has 1 amide bonds. The summed E-state index contributed by atoms with van der Waals surface area (Å²) in [5.41, 5.74) is -0.0138. The zero-order chi connectivity index (χ0) is 19.4. The van der Waals surface area contributed by atoms with Gasteiger partial charge < -0.3 is 15.1 Å². The van der Waals surface area contributed by atoms with Gasteiger partial charge in [0.25, 0.3) is 5.91 Å². The van der Waals surface area contributed by atoms with Crippen molar-refractivity contribution in [3.8, 4) is 0 Å². The normalized spacial score (nSPS) is 24.7. The molecule has 2 atom stereocenters. The highest BCUT2D eigenvalue weighted by atomic mass is 19.4. The lowest BCUT2D eigenvalue weighted by molar-refractivity contribution is -0.892. The summed E-state index contributed by atoms with van der Waals surface area (Å²) in [5.74, 6) is 0.631. The van der Waals surface area contributed by atoms with Crippen LogP contribution in [0.2, 0.25) is 0 Å². The average molecular weight is 384 g/mol. The molecule has 1 heterocycles. The molecular formula is C20H29F3N3O+. The smallest absolute Gasteiger partial charge is 0.360 e. The van der Waals surface area contributed by atoms with Crippen molar-refractivity contribution in [2.24, 2.45) is 5.92 Å². The number of hydrogen-bond donors (Lipinski definition) is 2. The van der Waals surface area contributed by atoms with Crippen LogP contribution in [-0.2, 0) is 11.0 Å². The highest BCUT2D eigenvalue weighted by Crippen LogP contribution is 2.31. The van der Waals surface area contributed by atoms with Crippen LogP contribution in [0.5, 0.6) is 0 Å². The van der Waals surface area contributed by atoms with E-state index in [1.807, 2.05) is 4.90 Å². The van der Waals surface area contributed by atoms with E-state index in [1.54, 1.807) is 6.07 Å². The molecule has 0 radical (unpaired) electrons. The van der Waals surface area contributed by atoms with Crippen LogP contribution in [0.4, 0.5) is 18.9 Å². The third kappa shape index (κ3) is 5.37. The fourth-order valence-corrected chi connectivity index (χ4v) is 4.15. The fraction of sp³-hybridized carbons (Fsp3) is 0.650. The number of nitrogens with zero attached hydrogens (tertiary/aromatic N) is 1. The number of carbonyl (C=O) groups excluding carboxylic acids is 1.